The summed E-state index contributed by atoms with van der Waals surface area (Å²) >= 11 is 0. The molecule has 0 spiro atoms. The first kappa shape index (κ1) is 43.9. The van der Waals surface area contributed by atoms with Crippen LogP contribution >= 0.6 is 0 Å². The van der Waals surface area contributed by atoms with Crippen LogP contribution in [-0.4, -0.2) is 20.7 Å². The van der Waals surface area contributed by atoms with Crippen LogP contribution in [0.5, 0.6) is 0 Å². The van der Waals surface area contributed by atoms with E-state index in [1.54, 1.807) is 24.3 Å². The number of anilines is 6. The van der Waals surface area contributed by atoms with Crippen molar-refractivity contribution < 1.29 is 9.59 Å². The minimum Gasteiger partial charge on any atom is -0.310 e. The Hall–Kier alpha value is -10.0. The summed E-state index contributed by atoms with van der Waals surface area (Å²) in [4.78, 5) is 33.3. The van der Waals surface area contributed by atoms with Gasteiger partial charge in [0.05, 0.1) is 22.1 Å². The number of aromatic nitrogens is 2. The van der Waals surface area contributed by atoms with Gasteiger partial charge < -0.3 is 18.9 Å². The van der Waals surface area contributed by atoms with Gasteiger partial charge in [-0.1, -0.05) is 140 Å². The van der Waals surface area contributed by atoms with Gasteiger partial charge >= 0.3 is 0 Å². The van der Waals surface area contributed by atoms with Crippen molar-refractivity contribution in [2.24, 2.45) is 0 Å². The minimum atomic E-state index is -0.161. The molecule has 6 heteroatoms. The van der Waals surface area contributed by atoms with E-state index in [0.29, 0.717) is 22.3 Å². The molecule has 350 valence electrons. The molecule has 0 amide bonds. The van der Waals surface area contributed by atoms with E-state index >= 15 is 0 Å². The van der Waals surface area contributed by atoms with Gasteiger partial charge in [-0.05, 0) is 140 Å². The minimum absolute atomic E-state index is 0.156. The number of hydrogen-bond acceptors (Lipinski definition) is 4. The fourth-order valence-corrected chi connectivity index (χ4v) is 10.6. The lowest BCUT2D eigenvalue weighted by atomic mass is 9.97. The summed E-state index contributed by atoms with van der Waals surface area (Å²) in [5, 5.41) is 4.47. The van der Waals surface area contributed by atoms with Crippen molar-refractivity contribution in [2.75, 3.05) is 9.80 Å². The van der Waals surface area contributed by atoms with Crippen LogP contribution in [-0.2, 0) is 0 Å². The maximum Gasteiger partial charge on any atom is 0.193 e. The van der Waals surface area contributed by atoms with Gasteiger partial charge in [-0.3, -0.25) is 9.59 Å². The molecule has 0 aliphatic heterocycles. The van der Waals surface area contributed by atoms with Gasteiger partial charge in [-0.2, -0.15) is 0 Å². The van der Waals surface area contributed by atoms with Crippen LogP contribution in [0, 0.1) is 0 Å². The first-order valence-corrected chi connectivity index (χ1v) is 24.8. The Bertz CT molecular complexity index is 4140. The summed E-state index contributed by atoms with van der Waals surface area (Å²) in [5.74, 6) is -0.317. The fraction of sp³-hybridized carbons (Fsp3) is 0. The van der Waals surface area contributed by atoms with Gasteiger partial charge in [0.2, 0.25) is 0 Å². The molecule has 0 unspecified atom stereocenters. The maximum atomic E-state index is 14.5. The maximum absolute atomic E-state index is 14.5. The lowest BCUT2D eigenvalue weighted by Gasteiger charge is -2.25. The van der Waals surface area contributed by atoms with E-state index in [1.165, 1.54) is 0 Å². The average Bonchev–Trinajstić information content (AvgIpc) is 4.01. The molecule has 0 aliphatic rings. The summed E-state index contributed by atoms with van der Waals surface area (Å²) in [6.07, 6.45) is 0. The van der Waals surface area contributed by atoms with Crippen molar-refractivity contribution in [1.82, 2.24) is 9.13 Å². The highest BCUT2D eigenvalue weighted by Crippen LogP contribution is 2.42. The van der Waals surface area contributed by atoms with Crippen LogP contribution in [0.15, 0.2) is 279 Å². The zero-order valence-electron chi connectivity index (χ0n) is 40.2. The number of hydrogen-bond donors (Lipinski definition) is 0. The molecule has 11 aromatic carbocycles. The normalized spacial score (nSPS) is 11.4. The topological polar surface area (TPSA) is 50.5 Å². The highest BCUT2D eigenvalue weighted by atomic mass is 16.1. The highest BCUT2D eigenvalue weighted by molar-refractivity contribution is 6.15. The number of rotatable bonds is 12. The molecule has 0 atom stereocenters. The molecule has 0 saturated heterocycles. The molecule has 6 nitrogen and oxygen atoms in total. The Labute approximate surface area is 428 Å². The van der Waals surface area contributed by atoms with Gasteiger partial charge in [0.25, 0.3) is 0 Å². The summed E-state index contributed by atoms with van der Waals surface area (Å²) in [6, 6.07) is 94.4. The van der Waals surface area contributed by atoms with Crippen LogP contribution in [0.1, 0.15) is 31.8 Å². The van der Waals surface area contributed by atoms with E-state index in [4.69, 9.17) is 0 Å². The Morgan fingerprint density at radius 1 is 0.243 bits per heavy atom. The van der Waals surface area contributed by atoms with Crippen LogP contribution in [0.2, 0.25) is 0 Å². The van der Waals surface area contributed by atoms with Crippen LogP contribution in [0.4, 0.5) is 34.1 Å². The number of carbonyl (C=O) groups is 2. The lowest BCUT2D eigenvalue weighted by Crippen LogP contribution is -2.09. The van der Waals surface area contributed by atoms with Crippen molar-refractivity contribution in [1.29, 1.82) is 0 Å². The van der Waals surface area contributed by atoms with Gasteiger partial charge in [-0.25, -0.2) is 0 Å². The Morgan fingerprint density at radius 2 is 0.608 bits per heavy atom. The van der Waals surface area contributed by atoms with Gasteiger partial charge in [0, 0.05) is 89.3 Å². The third-order valence-electron chi connectivity index (χ3n) is 14.0. The van der Waals surface area contributed by atoms with Crippen LogP contribution in [0.3, 0.4) is 0 Å². The third kappa shape index (κ3) is 7.79. The molecule has 0 fully saturated rings. The average molecular weight is 951 g/mol. The third-order valence-corrected chi connectivity index (χ3v) is 14.0. The summed E-state index contributed by atoms with van der Waals surface area (Å²) in [7, 11) is 0. The van der Waals surface area contributed by atoms with E-state index in [9.17, 15) is 9.59 Å². The quantitative estimate of drug-likeness (QED) is 0.115. The monoisotopic (exact) mass is 950 g/mol. The molecule has 13 aromatic rings. The SMILES string of the molecule is O=C(c1ccc(-n2c3ccccc3c3cc(N(c4ccccc4)c4ccccc4)ccc32)cc1)c1cccc(C(=O)c2cccc(-n3c4ccccc4c4cc(N(c5ccccc5)c5ccccc5)ccc43)c2)c1. The lowest BCUT2D eigenvalue weighted by molar-refractivity contribution is 0.103. The van der Waals surface area contributed by atoms with Gasteiger partial charge in [0.15, 0.2) is 11.6 Å². The molecular weight excluding hydrogens is 905 g/mol. The second kappa shape index (κ2) is 18.6. The molecule has 74 heavy (non-hydrogen) atoms. The van der Waals surface area contributed by atoms with E-state index in [1.807, 2.05) is 72.8 Å². The zero-order valence-corrected chi connectivity index (χ0v) is 40.2. The first-order chi connectivity index (χ1) is 36.6. The molecule has 0 radical (unpaired) electrons. The van der Waals surface area contributed by atoms with Crippen molar-refractivity contribution in [3.8, 4) is 11.4 Å². The summed E-state index contributed by atoms with van der Waals surface area (Å²) in [5.41, 5.74) is 14.4. The van der Waals surface area contributed by atoms with Gasteiger partial charge in [0.1, 0.15) is 0 Å². The molecule has 13 rings (SSSR count). The molecule has 2 aromatic heterocycles. The smallest absolute Gasteiger partial charge is 0.193 e. The number of benzene rings is 11. The molecule has 0 saturated carbocycles. The van der Waals surface area contributed by atoms with Crippen molar-refractivity contribution in [3.63, 3.8) is 0 Å². The van der Waals surface area contributed by atoms with E-state index < -0.39 is 0 Å². The number of nitrogens with zero attached hydrogens (tertiary/aromatic N) is 4. The molecule has 2 heterocycles. The van der Waals surface area contributed by atoms with Crippen molar-refractivity contribution in [2.45, 2.75) is 0 Å². The summed E-state index contributed by atoms with van der Waals surface area (Å²) in [6.45, 7) is 0. The second-order valence-corrected chi connectivity index (χ2v) is 18.5. The predicted molar refractivity (Wildman–Crippen MR) is 304 cm³/mol. The first-order valence-electron chi connectivity index (χ1n) is 24.8. The second-order valence-electron chi connectivity index (χ2n) is 18.5. The predicted octanol–water partition coefficient (Wildman–Crippen LogP) is 17.3. The molecular formula is C68H46N4O2. The number of fused-ring (bicyclic) bond motifs is 6. The van der Waals surface area contributed by atoms with Crippen LogP contribution in [0.25, 0.3) is 55.0 Å². The van der Waals surface area contributed by atoms with Gasteiger partial charge in [-0.15, -0.1) is 0 Å². The molecule has 0 N–H and O–H groups in total. The Balaban J connectivity index is 0.798. The molecule has 0 bridgehead atoms. The van der Waals surface area contributed by atoms with Crippen molar-refractivity contribution in [3.05, 3.63) is 301 Å². The zero-order chi connectivity index (χ0) is 49.5. The largest absolute Gasteiger partial charge is 0.310 e. The highest BCUT2D eigenvalue weighted by Gasteiger charge is 2.21. The number of ketones is 2. The standard InChI is InChI=1S/C68H46N4O2/c73-67(47-35-37-55(38-36-47)71-63-33-15-13-31-59(63)61-45-57(39-41-65(61)71)69(51-22-5-1-6-23-51)52-24-7-2-8-25-52)48-19-17-20-49(43-48)68(74)50-21-18-30-56(44-50)72-64-34-16-14-32-60(64)62-46-58(40-42-66(62)72)70(53-26-9-3-10-27-53)54-28-11-4-12-29-54/h1-46H. The van der Waals surface area contributed by atoms with E-state index in [-0.39, 0.29) is 11.6 Å². The van der Waals surface area contributed by atoms with Crippen molar-refractivity contribution >= 4 is 89.3 Å². The molecule has 0 aliphatic carbocycles. The van der Waals surface area contributed by atoms with E-state index in [0.717, 1.165) is 89.1 Å². The fourth-order valence-electron chi connectivity index (χ4n) is 10.6. The Morgan fingerprint density at radius 3 is 1.07 bits per heavy atom. The Kier molecular flexibility index (Phi) is 11.1. The van der Waals surface area contributed by atoms with E-state index in [2.05, 4.69) is 201 Å². The number of para-hydroxylation sites is 6. The van der Waals surface area contributed by atoms with Crippen LogP contribution < -0.4 is 9.80 Å². The summed E-state index contributed by atoms with van der Waals surface area (Å²) < 4.78 is 4.49. The number of carbonyl (C=O) groups excluding carboxylic acids is 2.